The Balaban J connectivity index is 1.77. The highest BCUT2D eigenvalue weighted by Gasteiger charge is 2.27. The van der Waals surface area contributed by atoms with Crippen molar-refractivity contribution in [2.75, 3.05) is 18.1 Å². The van der Waals surface area contributed by atoms with Crippen LogP contribution in [0.4, 0.5) is 5.82 Å². The van der Waals surface area contributed by atoms with Crippen molar-refractivity contribution >= 4 is 11.5 Å². The fourth-order valence-electron chi connectivity index (χ4n) is 4.57. The van der Waals surface area contributed by atoms with Crippen molar-refractivity contribution in [2.45, 2.75) is 39.7 Å². The molecule has 0 spiro atoms. The van der Waals surface area contributed by atoms with Crippen LogP contribution in [0.1, 0.15) is 29.7 Å². The van der Waals surface area contributed by atoms with Gasteiger partial charge in [-0.25, -0.2) is 9.50 Å². The van der Waals surface area contributed by atoms with Crippen LogP contribution in [0.3, 0.4) is 0 Å². The highest BCUT2D eigenvalue weighted by molar-refractivity contribution is 5.83. The molecule has 1 aliphatic heterocycles. The molecule has 0 radical (unpaired) electrons. The zero-order valence-corrected chi connectivity index (χ0v) is 18.3. The summed E-state index contributed by atoms with van der Waals surface area (Å²) in [6.07, 6.45) is 2.06. The van der Waals surface area contributed by atoms with Crippen LogP contribution in [-0.4, -0.2) is 38.9 Å². The van der Waals surface area contributed by atoms with Gasteiger partial charge in [0.05, 0.1) is 24.0 Å². The highest BCUT2D eigenvalue weighted by atomic mass is 16.3. The largest absolute Gasteiger partial charge is 0.394 e. The van der Waals surface area contributed by atoms with Crippen molar-refractivity contribution in [3.05, 3.63) is 71.4 Å². The third kappa shape index (κ3) is 3.49. The number of aryl methyl sites for hydroxylation is 3. The first-order chi connectivity index (χ1) is 15.0. The van der Waals surface area contributed by atoms with Crippen LogP contribution in [0.25, 0.3) is 28.0 Å². The van der Waals surface area contributed by atoms with E-state index in [1.807, 2.05) is 4.52 Å². The molecule has 31 heavy (non-hydrogen) atoms. The van der Waals surface area contributed by atoms with Crippen molar-refractivity contribution < 1.29 is 5.11 Å². The summed E-state index contributed by atoms with van der Waals surface area (Å²) in [6, 6.07) is 19.3. The van der Waals surface area contributed by atoms with E-state index in [9.17, 15) is 5.11 Å². The Kier molecular flexibility index (Phi) is 4.98. The van der Waals surface area contributed by atoms with E-state index in [1.54, 1.807) is 0 Å². The molecule has 1 unspecified atom stereocenters. The Labute approximate surface area is 183 Å². The van der Waals surface area contributed by atoms with Crippen molar-refractivity contribution in [2.24, 2.45) is 0 Å². The molecule has 4 aromatic rings. The standard InChI is InChI=1S/C26H28N4O/c1-17-6-10-20(11-7-17)23-15-24(29-14-4-5-22(29)16-31)27-26-25(19(3)28-30(23)26)21-12-8-18(2)9-13-21/h6-13,15,22,31H,4-5,14,16H2,1-3H3. The number of aromatic nitrogens is 3. The van der Waals surface area contributed by atoms with Crippen molar-refractivity contribution in [1.29, 1.82) is 0 Å². The molecule has 5 heteroatoms. The monoisotopic (exact) mass is 412 g/mol. The Morgan fingerprint density at radius 3 is 2.23 bits per heavy atom. The second kappa shape index (κ2) is 7.82. The van der Waals surface area contributed by atoms with Crippen LogP contribution in [0.2, 0.25) is 0 Å². The topological polar surface area (TPSA) is 53.7 Å². The maximum absolute atomic E-state index is 9.90. The third-order valence-corrected chi connectivity index (χ3v) is 6.32. The summed E-state index contributed by atoms with van der Waals surface area (Å²) in [5.74, 6) is 0.910. The molecule has 1 atom stereocenters. The quantitative estimate of drug-likeness (QED) is 0.515. The van der Waals surface area contributed by atoms with Gasteiger partial charge in [-0.2, -0.15) is 5.10 Å². The molecular formula is C26H28N4O. The summed E-state index contributed by atoms with van der Waals surface area (Å²) in [7, 11) is 0. The van der Waals surface area contributed by atoms with E-state index < -0.39 is 0 Å². The fraction of sp³-hybridized carbons (Fsp3) is 0.308. The molecular weight excluding hydrogens is 384 g/mol. The first-order valence-corrected chi connectivity index (χ1v) is 11.0. The molecule has 1 aliphatic rings. The molecule has 5 rings (SSSR count). The van der Waals surface area contributed by atoms with Gasteiger partial charge >= 0.3 is 0 Å². The van der Waals surface area contributed by atoms with Crippen LogP contribution >= 0.6 is 0 Å². The predicted molar refractivity (Wildman–Crippen MR) is 126 cm³/mol. The molecule has 5 nitrogen and oxygen atoms in total. The van der Waals surface area contributed by atoms with E-state index in [4.69, 9.17) is 10.1 Å². The molecule has 1 fully saturated rings. The number of hydrogen-bond acceptors (Lipinski definition) is 4. The summed E-state index contributed by atoms with van der Waals surface area (Å²) in [5, 5.41) is 14.8. The number of rotatable bonds is 4. The number of hydrogen-bond donors (Lipinski definition) is 1. The zero-order chi connectivity index (χ0) is 21.5. The summed E-state index contributed by atoms with van der Waals surface area (Å²) in [4.78, 5) is 7.34. The third-order valence-electron chi connectivity index (χ3n) is 6.32. The number of benzene rings is 2. The summed E-state index contributed by atoms with van der Waals surface area (Å²) in [5.41, 5.74) is 8.59. The second-order valence-electron chi connectivity index (χ2n) is 8.60. The van der Waals surface area contributed by atoms with Crippen LogP contribution in [0.15, 0.2) is 54.6 Å². The number of aliphatic hydroxyl groups excluding tert-OH is 1. The maximum atomic E-state index is 9.90. The van der Waals surface area contributed by atoms with Gasteiger partial charge in [-0.1, -0.05) is 59.7 Å². The van der Waals surface area contributed by atoms with Crippen LogP contribution in [-0.2, 0) is 0 Å². The summed E-state index contributed by atoms with van der Waals surface area (Å²) in [6.45, 7) is 7.31. The molecule has 0 saturated carbocycles. The predicted octanol–water partition coefficient (Wildman–Crippen LogP) is 4.95. The van der Waals surface area contributed by atoms with E-state index >= 15 is 0 Å². The first-order valence-electron chi connectivity index (χ1n) is 11.0. The molecule has 3 heterocycles. The SMILES string of the molecule is Cc1ccc(-c2c(C)nn3c(-c4ccc(C)cc4)cc(N4CCCC4CO)nc23)cc1. The summed E-state index contributed by atoms with van der Waals surface area (Å²) < 4.78 is 1.97. The van der Waals surface area contributed by atoms with Crippen LogP contribution < -0.4 is 4.90 Å². The van der Waals surface area contributed by atoms with Crippen molar-refractivity contribution in [3.8, 4) is 22.4 Å². The van der Waals surface area contributed by atoms with Gasteiger partial charge in [0, 0.05) is 23.7 Å². The highest BCUT2D eigenvalue weighted by Crippen LogP contribution is 2.34. The molecule has 2 aromatic heterocycles. The van der Waals surface area contributed by atoms with Gasteiger partial charge in [0.2, 0.25) is 0 Å². The van der Waals surface area contributed by atoms with E-state index in [-0.39, 0.29) is 12.6 Å². The minimum Gasteiger partial charge on any atom is -0.394 e. The van der Waals surface area contributed by atoms with E-state index in [1.165, 1.54) is 11.1 Å². The van der Waals surface area contributed by atoms with Crippen LogP contribution in [0.5, 0.6) is 0 Å². The first kappa shape index (κ1) is 19.8. The normalized spacial score (nSPS) is 16.4. The lowest BCUT2D eigenvalue weighted by Crippen LogP contribution is -2.32. The Bertz CT molecular complexity index is 1230. The molecule has 1 N–H and O–H groups in total. The number of anilines is 1. The van der Waals surface area contributed by atoms with E-state index in [0.29, 0.717) is 0 Å². The van der Waals surface area contributed by atoms with Gasteiger partial charge in [-0.05, 0) is 39.2 Å². The minimum atomic E-state index is 0.118. The smallest absolute Gasteiger partial charge is 0.166 e. The Hall–Kier alpha value is -3.18. The lowest BCUT2D eigenvalue weighted by atomic mass is 10.0. The van der Waals surface area contributed by atoms with Gasteiger partial charge in [0.1, 0.15) is 5.82 Å². The van der Waals surface area contributed by atoms with Crippen molar-refractivity contribution in [3.63, 3.8) is 0 Å². The molecule has 2 aromatic carbocycles. The Morgan fingerprint density at radius 1 is 0.935 bits per heavy atom. The van der Waals surface area contributed by atoms with Gasteiger partial charge in [0.25, 0.3) is 0 Å². The number of aliphatic hydroxyl groups is 1. The molecule has 0 bridgehead atoms. The minimum absolute atomic E-state index is 0.118. The van der Waals surface area contributed by atoms with E-state index in [0.717, 1.165) is 58.9 Å². The number of fused-ring (bicyclic) bond motifs is 1. The molecule has 0 aliphatic carbocycles. The lowest BCUT2D eigenvalue weighted by molar-refractivity contribution is 0.266. The van der Waals surface area contributed by atoms with Crippen LogP contribution in [0, 0.1) is 20.8 Å². The van der Waals surface area contributed by atoms with Gasteiger partial charge in [-0.15, -0.1) is 0 Å². The average molecular weight is 413 g/mol. The maximum Gasteiger partial charge on any atom is 0.166 e. The molecule has 0 amide bonds. The summed E-state index contributed by atoms with van der Waals surface area (Å²) >= 11 is 0. The van der Waals surface area contributed by atoms with Gasteiger partial charge < -0.3 is 10.0 Å². The van der Waals surface area contributed by atoms with Crippen molar-refractivity contribution in [1.82, 2.24) is 14.6 Å². The van der Waals surface area contributed by atoms with Gasteiger partial charge in [0.15, 0.2) is 5.65 Å². The van der Waals surface area contributed by atoms with E-state index in [2.05, 4.69) is 80.3 Å². The second-order valence-corrected chi connectivity index (χ2v) is 8.60. The lowest BCUT2D eigenvalue weighted by Gasteiger charge is -2.25. The zero-order valence-electron chi connectivity index (χ0n) is 18.3. The average Bonchev–Trinajstić information content (AvgIpc) is 3.38. The van der Waals surface area contributed by atoms with Gasteiger partial charge in [-0.3, -0.25) is 0 Å². The molecule has 1 saturated heterocycles. The molecule has 158 valence electrons. The number of nitrogens with zero attached hydrogens (tertiary/aromatic N) is 4. The Morgan fingerprint density at radius 2 is 1.58 bits per heavy atom. The fourth-order valence-corrected chi connectivity index (χ4v) is 4.57.